The van der Waals surface area contributed by atoms with Gasteiger partial charge in [-0.2, -0.15) is 0 Å². The summed E-state index contributed by atoms with van der Waals surface area (Å²) in [5.41, 5.74) is 1.70. The predicted octanol–water partition coefficient (Wildman–Crippen LogP) is 3.43. The first kappa shape index (κ1) is 14.6. The van der Waals surface area contributed by atoms with Crippen LogP contribution in [0, 0.1) is 0 Å². The Bertz CT molecular complexity index is 624. The summed E-state index contributed by atoms with van der Waals surface area (Å²) in [4.78, 5) is 0. The van der Waals surface area contributed by atoms with E-state index in [1.807, 2.05) is 67.6 Å². The quantitative estimate of drug-likeness (QED) is 0.817. The van der Waals surface area contributed by atoms with E-state index in [-0.39, 0.29) is 5.75 Å². The van der Waals surface area contributed by atoms with Crippen LogP contribution in [0.5, 0.6) is 0 Å². The van der Waals surface area contributed by atoms with Crippen molar-refractivity contribution in [2.24, 2.45) is 0 Å². The molecule has 0 aliphatic rings. The Labute approximate surface area is 120 Å². The van der Waals surface area contributed by atoms with Crippen LogP contribution in [0.25, 0.3) is 0 Å². The Morgan fingerprint density at radius 3 is 2.00 bits per heavy atom. The van der Waals surface area contributed by atoms with Crippen LogP contribution in [0.3, 0.4) is 0 Å². The molecule has 2 rings (SSSR count). The molecule has 0 aromatic heterocycles. The minimum Gasteiger partial charge on any atom is -0.266 e. The van der Waals surface area contributed by atoms with E-state index in [4.69, 9.17) is 0 Å². The molecule has 0 N–H and O–H groups in total. The summed E-state index contributed by atoms with van der Waals surface area (Å²) in [6, 6.07) is 18.9. The van der Waals surface area contributed by atoms with Crippen LogP contribution in [-0.2, 0) is 16.6 Å². The van der Waals surface area contributed by atoms with Crippen LogP contribution in [0.4, 0.5) is 5.69 Å². The van der Waals surface area contributed by atoms with Gasteiger partial charge in [-0.15, -0.1) is 0 Å². The molecule has 0 amide bonds. The second-order valence-corrected chi connectivity index (χ2v) is 6.66. The highest BCUT2D eigenvalue weighted by molar-refractivity contribution is 7.92. The lowest BCUT2D eigenvalue weighted by Gasteiger charge is -2.24. The van der Waals surface area contributed by atoms with Crippen molar-refractivity contribution in [3.05, 3.63) is 66.2 Å². The molecule has 0 aliphatic heterocycles. The average Bonchev–Trinajstić information content (AvgIpc) is 2.46. The van der Waals surface area contributed by atoms with Gasteiger partial charge in [0.2, 0.25) is 10.0 Å². The molecule has 0 bridgehead atoms. The summed E-state index contributed by atoms with van der Waals surface area (Å²) < 4.78 is 26.4. The maximum atomic E-state index is 12.5. The fourth-order valence-electron chi connectivity index (χ4n) is 2.06. The normalized spacial score (nSPS) is 11.2. The molecule has 0 aliphatic carbocycles. The van der Waals surface area contributed by atoms with Gasteiger partial charge >= 0.3 is 0 Å². The smallest absolute Gasteiger partial charge is 0.235 e. The SMILES string of the molecule is CCCS(=O)(=O)N(Cc1ccccc1)c1ccccc1. The molecule has 106 valence electrons. The number of hydrogen-bond acceptors (Lipinski definition) is 2. The topological polar surface area (TPSA) is 37.4 Å². The van der Waals surface area contributed by atoms with E-state index in [0.717, 1.165) is 5.56 Å². The summed E-state index contributed by atoms with van der Waals surface area (Å²) in [5.74, 6) is 0.161. The summed E-state index contributed by atoms with van der Waals surface area (Å²) in [7, 11) is -3.29. The molecule has 0 saturated heterocycles. The van der Waals surface area contributed by atoms with E-state index in [1.165, 1.54) is 4.31 Å². The van der Waals surface area contributed by atoms with Crippen molar-refractivity contribution in [1.29, 1.82) is 0 Å². The third kappa shape index (κ3) is 3.61. The molecule has 0 fully saturated rings. The molecule has 0 heterocycles. The first-order chi connectivity index (χ1) is 9.63. The van der Waals surface area contributed by atoms with E-state index in [2.05, 4.69) is 0 Å². The molecule has 0 atom stereocenters. The molecule has 0 radical (unpaired) electrons. The van der Waals surface area contributed by atoms with Crippen LogP contribution in [-0.4, -0.2) is 14.2 Å². The minimum atomic E-state index is -3.29. The van der Waals surface area contributed by atoms with E-state index >= 15 is 0 Å². The second-order valence-electron chi connectivity index (χ2n) is 4.64. The Morgan fingerprint density at radius 1 is 0.900 bits per heavy atom. The highest BCUT2D eigenvalue weighted by atomic mass is 32.2. The zero-order valence-electron chi connectivity index (χ0n) is 11.6. The van der Waals surface area contributed by atoms with Crippen molar-refractivity contribution >= 4 is 15.7 Å². The fraction of sp³-hybridized carbons (Fsp3) is 0.250. The van der Waals surface area contributed by atoms with Crippen molar-refractivity contribution in [3.63, 3.8) is 0 Å². The lowest BCUT2D eigenvalue weighted by molar-refractivity contribution is 0.589. The van der Waals surface area contributed by atoms with Gasteiger partial charge in [0, 0.05) is 0 Å². The van der Waals surface area contributed by atoms with Gasteiger partial charge in [-0.25, -0.2) is 8.42 Å². The Kier molecular flexibility index (Phi) is 4.79. The Hall–Kier alpha value is -1.81. The Morgan fingerprint density at radius 2 is 1.45 bits per heavy atom. The number of rotatable bonds is 6. The summed E-state index contributed by atoms with van der Waals surface area (Å²) in [6.07, 6.45) is 0.612. The van der Waals surface area contributed by atoms with Gasteiger partial charge < -0.3 is 0 Å². The van der Waals surface area contributed by atoms with E-state index in [0.29, 0.717) is 18.7 Å². The summed E-state index contributed by atoms with van der Waals surface area (Å²) in [6.45, 7) is 2.25. The Balaban J connectivity index is 2.35. The molecule has 0 unspecified atom stereocenters. The van der Waals surface area contributed by atoms with Crippen molar-refractivity contribution in [3.8, 4) is 0 Å². The molecule has 0 saturated carbocycles. The monoisotopic (exact) mass is 289 g/mol. The van der Waals surface area contributed by atoms with Gasteiger partial charge in [0.1, 0.15) is 0 Å². The first-order valence-corrected chi connectivity index (χ1v) is 8.34. The standard InChI is InChI=1S/C16H19NO2S/c1-2-13-20(18,19)17(16-11-7-4-8-12-16)14-15-9-5-3-6-10-15/h3-12H,2,13-14H2,1H3. The van der Waals surface area contributed by atoms with Gasteiger partial charge in [-0.1, -0.05) is 55.5 Å². The summed E-state index contributed by atoms with van der Waals surface area (Å²) >= 11 is 0. The highest BCUT2D eigenvalue weighted by Crippen LogP contribution is 2.21. The molecule has 4 heteroatoms. The van der Waals surface area contributed by atoms with Crippen LogP contribution in [0.15, 0.2) is 60.7 Å². The number of nitrogens with zero attached hydrogens (tertiary/aromatic N) is 1. The number of hydrogen-bond donors (Lipinski definition) is 0. The van der Waals surface area contributed by atoms with Gasteiger partial charge in [0.05, 0.1) is 18.0 Å². The fourth-order valence-corrected chi connectivity index (χ4v) is 3.59. The van der Waals surface area contributed by atoms with E-state index < -0.39 is 10.0 Å². The van der Waals surface area contributed by atoms with Crippen LogP contribution < -0.4 is 4.31 Å². The number of sulfonamides is 1. The van der Waals surface area contributed by atoms with Crippen molar-refractivity contribution < 1.29 is 8.42 Å². The lowest BCUT2D eigenvalue weighted by atomic mass is 10.2. The van der Waals surface area contributed by atoms with Crippen molar-refractivity contribution in [1.82, 2.24) is 0 Å². The third-order valence-electron chi connectivity index (χ3n) is 3.01. The van der Waals surface area contributed by atoms with Crippen molar-refractivity contribution in [2.45, 2.75) is 19.9 Å². The molecule has 3 nitrogen and oxygen atoms in total. The third-order valence-corrected chi connectivity index (χ3v) is 4.95. The number of para-hydroxylation sites is 1. The zero-order chi connectivity index (χ0) is 14.4. The minimum absolute atomic E-state index is 0.161. The molecule has 2 aromatic rings. The largest absolute Gasteiger partial charge is 0.266 e. The van der Waals surface area contributed by atoms with Gasteiger partial charge in [0.15, 0.2) is 0 Å². The molecule has 2 aromatic carbocycles. The van der Waals surface area contributed by atoms with Crippen molar-refractivity contribution in [2.75, 3.05) is 10.1 Å². The van der Waals surface area contributed by atoms with Gasteiger partial charge in [0.25, 0.3) is 0 Å². The maximum absolute atomic E-state index is 12.5. The number of benzene rings is 2. The van der Waals surface area contributed by atoms with Crippen LogP contribution in [0.1, 0.15) is 18.9 Å². The first-order valence-electron chi connectivity index (χ1n) is 6.73. The lowest BCUT2D eigenvalue weighted by Crippen LogP contribution is -2.32. The van der Waals surface area contributed by atoms with Crippen LogP contribution in [0.2, 0.25) is 0 Å². The zero-order valence-corrected chi connectivity index (χ0v) is 12.4. The van der Waals surface area contributed by atoms with Crippen LogP contribution >= 0.6 is 0 Å². The number of anilines is 1. The predicted molar refractivity (Wildman–Crippen MR) is 83.1 cm³/mol. The van der Waals surface area contributed by atoms with Gasteiger partial charge in [-0.3, -0.25) is 4.31 Å². The maximum Gasteiger partial charge on any atom is 0.235 e. The molecular weight excluding hydrogens is 270 g/mol. The molecule has 20 heavy (non-hydrogen) atoms. The van der Waals surface area contributed by atoms with E-state index in [9.17, 15) is 8.42 Å². The highest BCUT2D eigenvalue weighted by Gasteiger charge is 2.21. The molecular formula is C16H19NO2S. The second kappa shape index (κ2) is 6.57. The summed E-state index contributed by atoms with van der Waals surface area (Å²) in [5, 5.41) is 0. The van der Waals surface area contributed by atoms with Gasteiger partial charge in [-0.05, 0) is 24.1 Å². The average molecular weight is 289 g/mol. The van der Waals surface area contributed by atoms with E-state index in [1.54, 1.807) is 0 Å². The molecule has 0 spiro atoms.